The predicted octanol–water partition coefficient (Wildman–Crippen LogP) is 4.46. The second-order valence-corrected chi connectivity index (χ2v) is 10.8. The van der Waals surface area contributed by atoms with Gasteiger partial charge < -0.3 is 20.4 Å². The van der Waals surface area contributed by atoms with Crippen molar-refractivity contribution in [3.05, 3.63) is 71.4 Å². The van der Waals surface area contributed by atoms with Gasteiger partial charge in [0.1, 0.15) is 33.9 Å². The van der Waals surface area contributed by atoms with Gasteiger partial charge in [-0.25, -0.2) is 29.1 Å². The number of thiazole rings is 1. The lowest BCUT2D eigenvalue weighted by atomic mass is 10.1. The Kier molecular flexibility index (Phi) is 7.13. The largest absolute Gasteiger partial charge is 0.351 e. The number of halogens is 1. The van der Waals surface area contributed by atoms with E-state index in [1.54, 1.807) is 29.4 Å². The summed E-state index contributed by atoms with van der Waals surface area (Å²) in [6.07, 6.45) is 6.27. The molecule has 0 bridgehead atoms. The summed E-state index contributed by atoms with van der Waals surface area (Å²) in [4.78, 5) is 36.3. The van der Waals surface area contributed by atoms with Gasteiger partial charge >= 0.3 is 6.03 Å². The smallest absolute Gasteiger partial charge is 0.314 e. The molecular formula is C29H27FN10OS. The van der Waals surface area contributed by atoms with Gasteiger partial charge in [0.05, 0.1) is 5.69 Å². The maximum atomic E-state index is 13.5. The summed E-state index contributed by atoms with van der Waals surface area (Å²) < 4.78 is 15.5. The molecule has 4 aromatic heterocycles. The van der Waals surface area contributed by atoms with Gasteiger partial charge in [-0.3, -0.25) is 4.40 Å². The number of hydrogen-bond donors (Lipinski definition) is 1. The minimum Gasteiger partial charge on any atom is -0.351 e. The second kappa shape index (κ2) is 11.1. The third-order valence-corrected chi connectivity index (χ3v) is 8.32. The molecule has 0 unspecified atom stereocenters. The van der Waals surface area contributed by atoms with Gasteiger partial charge in [-0.1, -0.05) is 18.3 Å². The molecule has 1 fully saturated rings. The molecule has 11 nitrogen and oxygen atoms in total. The fourth-order valence-corrected chi connectivity index (χ4v) is 5.88. The van der Waals surface area contributed by atoms with Gasteiger partial charge in [-0.15, -0.1) is 0 Å². The zero-order valence-corrected chi connectivity index (χ0v) is 23.8. The summed E-state index contributed by atoms with van der Waals surface area (Å²) in [5.41, 5.74) is 10.00. The highest BCUT2D eigenvalue weighted by Gasteiger charge is 2.23. The number of rotatable bonds is 6. The molecular weight excluding hydrogens is 555 g/mol. The van der Waals surface area contributed by atoms with Gasteiger partial charge in [-0.05, 0) is 42.8 Å². The van der Waals surface area contributed by atoms with Crippen molar-refractivity contribution < 1.29 is 9.18 Å². The van der Waals surface area contributed by atoms with Gasteiger partial charge in [0.15, 0.2) is 5.13 Å². The van der Waals surface area contributed by atoms with Crippen molar-refractivity contribution >= 4 is 39.9 Å². The fraction of sp³-hybridized carbons (Fsp3) is 0.241. The van der Waals surface area contributed by atoms with Crippen molar-refractivity contribution in [1.82, 2.24) is 29.2 Å². The van der Waals surface area contributed by atoms with Crippen molar-refractivity contribution in [3.8, 4) is 28.5 Å². The number of primary amides is 1. The van der Waals surface area contributed by atoms with E-state index in [9.17, 15) is 14.4 Å². The average Bonchev–Trinajstić information content (AvgIpc) is 3.63. The number of nitrogens with zero attached hydrogens (tertiary/aromatic N) is 9. The van der Waals surface area contributed by atoms with E-state index in [1.165, 1.54) is 23.5 Å². The first-order valence-electron chi connectivity index (χ1n) is 13.4. The van der Waals surface area contributed by atoms with Crippen LogP contribution in [0.15, 0.2) is 55.0 Å². The summed E-state index contributed by atoms with van der Waals surface area (Å²) in [6.45, 7) is 4.35. The third-order valence-electron chi connectivity index (χ3n) is 7.28. The van der Waals surface area contributed by atoms with Crippen LogP contribution in [0.1, 0.15) is 17.5 Å². The highest BCUT2D eigenvalue weighted by molar-refractivity contribution is 7.16. The molecule has 2 N–H and O–H groups in total. The zero-order valence-electron chi connectivity index (χ0n) is 23.0. The fourth-order valence-electron chi connectivity index (χ4n) is 5.03. The van der Waals surface area contributed by atoms with E-state index in [1.807, 2.05) is 46.5 Å². The summed E-state index contributed by atoms with van der Waals surface area (Å²) in [6, 6.07) is 11.7. The number of anilines is 3. The Hall–Kier alpha value is -5.09. The first kappa shape index (κ1) is 27.1. The van der Waals surface area contributed by atoms with E-state index in [0.717, 1.165) is 28.3 Å². The predicted molar refractivity (Wildman–Crippen MR) is 159 cm³/mol. The van der Waals surface area contributed by atoms with Crippen LogP contribution in [0.3, 0.4) is 0 Å². The highest BCUT2D eigenvalue weighted by Crippen LogP contribution is 2.37. The molecule has 0 saturated carbocycles. The molecule has 42 heavy (non-hydrogen) atoms. The Labute approximate surface area is 245 Å². The Bertz CT molecular complexity index is 1800. The van der Waals surface area contributed by atoms with Crippen molar-refractivity contribution in [1.29, 1.82) is 5.26 Å². The van der Waals surface area contributed by atoms with Crippen LogP contribution in [-0.4, -0.2) is 68.5 Å². The van der Waals surface area contributed by atoms with Crippen molar-refractivity contribution in [3.63, 3.8) is 0 Å². The maximum Gasteiger partial charge on any atom is 0.314 e. The number of nitriles is 1. The molecule has 1 aliphatic heterocycles. The van der Waals surface area contributed by atoms with Crippen LogP contribution >= 0.6 is 11.3 Å². The number of hydrogen-bond acceptors (Lipinski definition) is 9. The third kappa shape index (κ3) is 4.97. The Morgan fingerprint density at radius 3 is 2.38 bits per heavy atom. The van der Waals surface area contributed by atoms with E-state index in [4.69, 9.17) is 15.7 Å². The van der Waals surface area contributed by atoms with Crippen LogP contribution < -0.4 is 15.5 Å². The summed E-state index contributed by atoms with van der Waals surface area (Å²) in [5, 5.41) is 10.4. The molecule has 0 radical (unpaired) electrons. The first-order valence-corrected chi connectivity index (χ1v) is 14.2. The molecule has 1 aliphatic rings. The Morgan fingerprint density at radius 2 is 1.74 bits per heavy atom. The summed E-state index contributed by atoms with van der Waals surface area (Å²) in [7, 11) is 1.90. The number of amides is 2. The quantitative estimate of drug-likeness (QED) is 0.310. The summed E-state index contributed by atoms with van der Waals surface area (Å²) in [5.74, 6) is 1.10. The van der Waals surface area contributed by atoms with E-state index >= 15 is 0 Å². The van der Waals surface area contributed by atoms with Gasteiger partial charge in [0.25, 0.3) is 0 Å². The number of imidazole rings is 1. The van der Waals surface area contributed by atoms with E-state index in [2.05, 4.69) is 16.0 Å². The number of carbonyl (C=O) groups excluding carboxylic acids is 1. The lowest BCUT2D eigenvalue weighted by molar-refractivity contribution is 0.204. The van der Waals surface area contributed by atoms with Crippen LogP contribution in [0.25, 0.3) is 28.0 Å². The monoisotopic (exact) mass is 582 g/mol. The molecule has 0 aliphatic carbocycles. The van der Waals surface area contributed by atoms with Crippen molar-refractivity contribution in [2.45, 2.75) is 13.3 Å². The number of carbonyl (C=O) groups is 1. The Balaban J connectivity index is 1.31. The van der Waals surface area contributed by atoms with Gasteiger partial charge in [0.2, 0.25) is 5.95 Å². The number of benzene rings is 1. The van der Waals surface area contributed by atoms with Crippen molar-refractivity contribution in [2.75, 3.05) is 43.0 Å². The Morgan fingerprint density at radius 1 is 1.05 bits per heavy atom. The van der Waals surface area contributed by atoms with Crippen LogP contribution in [0.4, 0.5) is 26.1 Å². The summed E-state index contributed by atoms with van der Waals surface area (Å²) >= 11 is 1.28. The maximum absolute atomic E-state index is 13.5. The lowest BCUT2D eigenvalue weighted by Crippen LogP contribution is -2.50. The number of fused-ring (bicyclic) bond motifs is 1. The average molecular weight is 583 g/mol. The van der Waals surface area contributed by atoms with Gasteiger partial charge in [0, 0.05) is 68.5 Å². The molecule has 13 heteroatoms. The first-order chi connectivity index (χ1) is 20.4. The standard InChI is InChI=1S/C29H27FN10OS/c1-3-22-26(37(2)29-36-25(23(14-31)42-29)18-4-7-21(30)8-5-18)40-17-19(6-9-24(40)35-22)20-15-33-28(34-16-20)39-12-10-38(11-13-39)27(32)41/h4-9,15-17H,3,10-13H2,1-2H3,(H2,32,41). The topological polar surface area (TPSA) is 133 Å². The number of pyridine rings is 1. The zero-order chi connectivity index (χ0) is 29.4. The number of aryl methyl sites for hydroxylation is 1. The number of nitrogens with two attached hydrogens (primary N) is 1. The molecule has 5 aromatic rings. The molecule has 1 saturated heterocycles. The van der Waals surface area contributed by atoms with E-state index < -0.39 is 6.03 Å². The number of urea groups is 1. The van der Waals surface area contributed by atoms with Crippen LogP contribution in [0.5, 0.6) is 0 Å². The van der Waals surface area contributed by atoms with Crippen LogP contribution in [0, 0.1) is 17.1 Å². The lowest BCUT2D eigenvalue weighted by Gasteiger charge is -2.33. The van der Waals surface area contributed by atoms with E-state index in [-0.39, 0.29) is 5.82 Å². The van der Waals surface area contributed by atoms with Crippen LogP contribution in [0.2, 0.25) is 0 Å². The number of piperazine rings is 1. The molecule has 1 aromatic carbocycles. The molecule has 2 amide bonds. The molecule has 212 valence electrons. The molecule has 5 heterocycles. The molecule has 6 rings (SSSR count). The van der Waals surface area contributed by atoms with E-state index in [0.29, 0.717) is 59.8 Å². The minimum absolute atomic E-state index is 0.345. The van der Waals surface area contributed by atoms with Crippen LogP contribution in [-0.2, 0) is 6.42 Å². The minimum atomic E-state index is -0.411. The van der Waals surface area contributed by atoms with Gasteiger partial charge in [-0.2, -0.15) is 5.26 Å². The highest BCUT2D eigenvalue weighted by atomic mass is 32.1. The molecule has 0 atom stereocenters. The van der Waals surface area contributed by atoms with Crippen molar-refractivity contribution in [2.24, 2.45) is 5.73 Å². The normalized spacial score (nSPS) is 13.4. The number of aromatic nitrogens is 5. The SMILES string of the molecule is CCc1nc2ccc(-c3cnc(N4CCN(C(N)=O)CC4)nc3)cn2c1N(C)c1nc(-c2ccc(F)cc2)c(C#N)s1. The molecule has 0 spiro atoms. The second-order valence-electron chi connectivity index (χ2n) is 9.82.